The number of benzene rings is 7. The number of aromatic nitrogens is 2. The fourth-order valence-corrected chi connectivity index (χ4v) is 5.85. The van der Waals surface area contributed by atoms with Crippen molar-refractivity contribution in [2.75, 3.05) is 0 Å². The first-order chi connectivity index (χ1) is 28.9. The van der Waals surface area contributed by atoms with E-state index < -0.39 is 108 Å². The van der Waals surface area contributed by atoms with Crippen molar-refractivity contribution in [1.82, 2.24) is 9.13 Å². The highest BCUT2D eigenvalue weighted by Crippen LogP contribution is 2.37. The second-order valence-electron chi connectivity index (χ2n) is 10.1. The molecule has 9 aromatic rings. The Morgan fingerprint density at radius 2 is 0.977 bits per heavy atom. The zero-order chi connectivity index (χ0) is 43.8. The third kappa shape index (κ3) is 3.82. The second-order valence-corrected chi connectivity index (χ2v) is 10.1. The maximum atomic E-state index is 9.25. The molecule has 44 heavy (non-hydrogen) atoms. The van der Waals surface area contributed by atoms with Gasteiger partial charge in [0, 0.05) is 32.9 Å². The van der Waals surface area contributed by atoms with E-state index in [-0.39, 0.29) is 38.5 Å². The van der Waals surface area contributed by atoms with Crippen LogP contribution in [0.5, 0.6) is 0 Å². The summed E-state index contributed by atoms with van der Waals surface area (Å²) in [7, 11) is 0. The van der Waals surface area contributed by atoms with Crippen LogP contribution in [0.2, 0.25) is 0 Å². The van der Waals surface area contributed by atoms with Gasteiger partial charge in [-0.3, -0.25) is 0 Å². The van der Waals surface area contributed by atoms with Crippen molar-refractivity contribution in [3.63, 3.8) is 0 Å². The zero-order valence-electron chi connectivity index (χ0n) is 39.7. The highest BCUT2D eigenvalue weighted by molar-refractivity contribution is 6.12. The van der Waals surface area contributed by atoms with Gasteiger partial charge >= 0.3 is 0 Å². The fourth-order valence-electron chi connectivity index (χ4n) is 5.85. The van der Waals surface area contributed by atoms with Crippen LogP contribution in [0, 0.1) is 0 Å². The molecule has 206 valence electrons. The first-order valence-corrected chi connectivity index (χ1v) is 13.7. The van der Waals surface area contributed by atoms with Gasteiger partial charge in [0.25, 0.3) is 0 Å². The van der Waals surface area contributed by atoms with E-state index >= 15 is 0 Å². The summed E-state index contributed by atoms with van der Waals surface area (Å²) in [5.74, 6) is 0. The van der Waals surface area contributed by atoms with E-state index in [0.717, 1.165) is 5.39 Å². The average molecular weight is 578 g/mol. The molecule has 2 heteroatoms. The number of hydrogen-bond acceptors (Lipinski definition) is 0. The lowest BCUT2D eigenvalue weighted by molar-refractivity contribution is 1.17. The largest absolute Gasteiger partial charge is 0.309 e. The predicted octanol–water partition coefficient (Wildman–Crippen LogP) is 11.2. The Morgan fingerprint density at radius 3 is 1.77 bits per heavy atom. The summed E-state index contributed by atoms with van der Waals surface area (Å²) in [5.41, 5.74) is 1.62. The molecular formula is C42H28N2. The lowest BCUT2D eigenvalue weighted by atomic mass is 9.99. The van der Waals surface area contributed by atoms with Crippen LogP contribution in [0.25, 0.3) is 77.2 Å². The van der Waals surface area contributed by atoms with E-state index in [1.54, 1.807) is 42.5 Å². The molecule has 7 aromatic carbocycles. The summed E-state index contributed by atoms with van der Waals surface area (Å²) in [6.45, 7) is 0. The Kier molecular flexibility index (Phi) is 2.96. The molecule has 0 radical (unpaired) electrons. The zero-order valence-corrected chi connectivity index (χ0v) is 22.7. The molecule has 0 saturated carbocycles. The smallest absolute Gasteiger partial charge is 0.0645 e. The van der Waals surface area contributed by atoms with E-state index in [0.29, 0.717) is 27.8 Å². The molecule has 0 amide bonds. The van der Waals surface area contributed by atoms with Crippen molar-refractivity contribution in [1.29, 1.82) is 0 Å². The summed E-state index contributed by atoms with van der Waals surface area (Å²) in [4.78, 5) is 0. The van der Waals surface area contributed by atoms with Crippen molar-refractivity contribution < 1.29 is 23.3 Å². The summed E-state index contributed by atoms with van der Waals surface area (Å²) in [6.07, 6.45) is 0. The van der Waals surface area contributed by atoms with Gasteiger partial charge in [-0.1, -0.05) is 115 Å². The number of fused-ring (bicyclic) bond motifs is 6. The minimum Gasteiger partial charge on any atom is -0.309 e. The van der Waals surface area contributed by atoms with E-state index in [9.17, 15) is 1.37 Å². The molecule has 2 heterocycles. The molecule has 0 aliphatic carbocycles. The number of rotatable bonds is 4. The van der Waals surface area contributed by atoms with Gasteiger partial charge in [-0.05, 0) is 76.8 Å². The molecule has 0 aliphatic heterocycles. The quantitative estimate of drug-likeness (QED) is 0.197. The molecule has 0 aliphatic rings. The minimum absolute atomic E-state index is 0.0170. The van der Waals surface area contributed by atoms with Gasteiger partial charge < -0.3 is 9.13 Å². The van der Waals surface area contributed by atoms with Crippen LogP contribution in [0.3, 0.4) is 0 Å². The summed E-state index contributed by atoms with van der Waals surface area (Å²) < 4.78 is 150. The first-order valence-electron chi connectivity index (χ1n) is 22.2. The Morgan fingerprint density at radius 1 is 0.364 bits per heavy atom. The van der Waals surface area contributed by atoms with Crippen LogP contribution < -0.4 is 0 Å². The average Bonchev–Trinajstić information content (AvgIpc) is 3.79. The third-order valence-electron chi connectivity index (χ3n) is 7.72. The first kappa shape index (κ1) is 13.2. The molecule has 9 rings (SSSR count). The number of para-hydroxylation sites is 3. The van der Waals surface area contributed by atoms with Gasteiger partial charge in [0.05, 0.1) is 45.4 Å². The van der Waals surface area contributed by atoms with Crippen LogP contribution in [0.4, 0.5) is 0 Å². The molecular weight excluding hydrogens is 532 g/mol. The molecule has 0 fully saturated rings. The van der Waals surface area contributed by atoms with Crippen molar-refractivity contribution in [2.24, 2.45) is 0 Å². The van der Waals surface area contributed by atoms with Crippen LogP contribution in [-0.2, 0) is 0 Å². The second kappa shape index (κ2) is 9.86. The molecule has 2 aromatic heterocycles. The summed E-state index contributed by atoms with van der Waals surface area (Å²) in [6, 6.07) is 10.1. The summed E-state index contributed by atoms with van der Waals surface area (Å²) in [5, 5.41) is 1.32. The molecule has 2 nitrogen and oxygen atoms in total. The monoisotopic (exact) mass is 577 g/mol. The Balaban J connectivity index is 1.31. The standard InChI is InChI=1S/C42H28N2/c1-2-12-29(13-3-1)30-14-10-15-31(26-30)32-16-11-17-33(27-32)43-41-23-9-6-20-37(41)38-28-34(24-25-42(38)43)44-39-21-7-4-18-35(39)36-19-5-8-22-40(36)44/h1-28H/i1D,2D,3D,4D,5D,7D,8D,10D,12D,13D,14D,15D,18D,19D,21D,22D,26D. The molecule has 0 saturated heterocycles. The molecule has 0 atom stereocenters. The third-order valence-corrected chi connectivity index (χ3v) is 7.72. The van der Waals surface area contributed by atoms with Gasteiger partial charge in [-0.15, -0.1) is 0 Å². The SMILES string of the molecule is [2H]c1c([2H])c([2H])c(-c2c([2H])c([2H])c([2H])c(-c3cccc(-n4c5ccccc5c5cc(-n6c7c([2H])c([2H])c([2H])c([2H])c7c7c([2H])c([2H])c([2H])c([2H])c76)ccc54)c3)c2[2H])c([2H])c1[2H]. The Bertz CT molecular complexity index is 3350. The van der Waals surface area contributed by atoms with Gasteiger partial charge in [0.1, 0.15) is 0 Å². The lowest BCUT2D eigenvalue weighted by Crippen LogP contribution is -1.96. The Hall–Kier alpha value is -5.86. The van der Waals surface area contributed by atoms with Crippen molar-refractivity contribution in [2.45, 2.75) is 0 Å². The molecule has 0 spiro atoms. The minimum atomic E-state index is -0.665. The molecule has 0 unspecified atom stereocenters. The maximum absolute atomic E-state index is 9.25. The fraction of sp³-hybridized carbons (Fsp3) is 0. The van der Waals surface area contributed by atoms with Crippen LogP contribution in [0.15, 0.2) is 169 Å². The van der Waals surface area contributed by atoms with Crippen molar-refractivity contribution >= 4 is 43.6 Å². The van der Waals surface area contributed by atoms with E-state index in [1.165, 1.54) is 4.57 Å². The normalized spacial score (nSPS) is 17.0. The van der Waals surface area contributed by atoms with Gasteiger partial charge in [-0.2, -0.15) is 0 Å². The Labute approximate surface area is 279 Å². The molecule has 0 N–H and O–H groups in total. The van der Waals surface area contributed by atoms with Gasteiger partial charge in [0.15, 0.2) is 0 Å². The van der Waals surface area contributed by atoms with Crippen molar-refractivity contribution in [3.05, 3.63) is 169 Å². The highest BCUT2D eigenvalue weighted by Gasteiger charge is 2.16. The predicted molar refractivity (Wildman–Crippen MR) is 186 cm³/mol. The number of hydrogen-bond donors (Lipinski definition) is 0. The summed E-state index contributed by atoms with van der Waals surface area (Å²) >= 11 is 0. The lowest BCUT2D eigenvalue weighted by Gasteiger charge is -2.12. The van der Waals surface area contributed by atoms with Gasteiger partial charge in [0.2, 0.25) is 0 Å². The van der Waals surface area contributed by atoms with E-state index in [1.807, 2.05) is 28.8 Å². The number of nitrogens with zero attached hydrogens (tertiary/aromatic N) is 2. The van der Waals surface area contributed by atoms with Crippen LogP contribution in [-0.4, -0.2) is 9.13 Å². The van der Waals surface area contributed by atoms with E-state index in [4.69, 9.17) is 21.9 Å². The van der Waals surface area contributed by atoms with Crippen LogP contribution >= 0.6 is 0 Å². The van der Waals surface area contributed by atoms with Crippen molar-refractivity contribution in [3.8, 4) is 33.6 Å². The molecule has 0 bridgehead atoms. The maximum Gasteiger partial charge on any atom is 0.0645 e. The van der Waals surface area contributed by atoms with Crippen LogP contribution in [0.1, 0.15) is 23.3 Å². The topological polar surface area (TPSA) is 9.86 Å². The van der Waals surface area contributed by atoms with Gasteiger partial charge in [-0.25, -0.2) is 0 Å². The highest BCUT2D eigenvalue weighted by atomic mass is 15.0. The van der Waals surface area contributed by atoms with E-state index in [2.05, 4.69) is 0 Å².